The number of carboxylic acid groups (broad SMARTS) is 1. The topological polar surface area (TPSA) is 167 Å². The van der Waals surface area contributed by atoms with E-state index in [1.807, 2.05) is 31.2 Å². The van der Waals surface area contributed by atoms with Crippen molar-refractivity contribution < 1.29 is 38.9 Å². The molecule has 13 heteroatoms. The Kier molecular flexibility index (Phi) is 12.0. The summed E-state index contributed by atoms with van der Waals surface area (Å²) in [5, 5.41) is 24.6. The van der Waals surface area contributed by atoms with Crippen molar-refractivity contribution in [3.8, 4) is 10.4 Å². The van der Waals surface area contributed by atoms with Crippen molar-refractivity contribution in [1.82, 2.24) is 20.5 Å². The summed E-state index contributed by atoms with van der Waals surface area (Å²) in [6.45, 7) is 7.51. The maximum Gasteiger partial charge on any atom is 0.305 e. The minimum absolute atomic E-state index is 0.0214. The highest BCUT2D eigenvalue weighted by Crippen LogP contribution is 2.28. The van der Waals surface area contributed by atoms with Gasteiger partial charge in [-0.15, -0.1) is 11.3 Å². The number of carboxylic acids is 1. The molecule has 0 radical (unpaired) electrons. The van der Waals surface area contributed by atoms with Crippen LogP contribution >= 0.6 is 11.3 Å². The van der Waals surface area contributed by atoms with E-state index in [4.69, 9.17) is 14.6 Å². The predicted octanol–water partition coefficient (Wildman–Crippen LogP) is 1.74. The molecule has 0 saturated carbocycles. The number of ether oxygens (including phenoxy) is 2. The molecule has 0 bridgehead atoms. The van der Waals surface area contributed by atoms with Crippen LogP contribution in [0.25, 0.3) is 10.4 Å². The molecule has 1 aliphatic rings. The van der Waals surface area contributed by atoms with Gasteiger partial charge in [0.1, 0.15) is 18.7 Å². The molecule has 1 aromatic heterocycles. The number of hydrogen-bond acceptors (Lipinski definition) is 9. The van der Waals surface area contributed by atoms with Crippen LogP contribution in [-0.2, 0) is 35.2 Å². The number of β-amino-alcohol motifs (C(OH)–C–C–N with tert-alkyl or cyclic N) is 1. The van der Waals surface area contributed by atoms with Gasteiger partial charge in [0.25, 0.3) is 0 Å². The van der Waals surface area contributed by atoms with Crippen LogP contribution < -0.4 is 10.6 Å². The molecule has 1 fully saturated rings. The lowest BCUT2D eigenvalue weighted by Gasteiger charge is -2.35. The average Bonchev–Trinajstić information content (AvgIpc) is 3.54. The maximum atomic E-state index is 13.7. The molecule has 2 aromatic rings. The summed E-state index contributed by atoms with van der Waals surface area (Å²) in [5.41, 5.74) is 4.00. The van der Waals surface area contributed by atoms with Crippen molar-refractivity contribution >= 4 is 35.0 Å². The van der Waals surface area contributed by atoms with Crippen LogP contribution in [-0.4, -0.2) is 94.9 Å². The number of nitrogens with zero attached hydrogens (tertiary/aromatic N) is 2. The molecule has 3 rings (SSSR count). The number of rotatable bonds is 14. The molecule has 2 heterocycles. The number of carbonyl (C=O) groups excluding carboxylic acids is 3. The number of hydrogen-bond donors (Lipinski definition) is 4. The van der Waals surface area contributed by atoms with Gasteiger partial charge < -0.3 is 35.2 Å². The summed E-state index contributed by atoms with van der Waals surface area (Å²) >= 11 is 1.57. The van der Waals surface area contributed by atoms with Gasteiger partial charge in [0.15, 0.2) is 0 Å². The highest BCUT2D eigenvalue weighted by Gasteiger charge is 2.44. The Morgan fingerprint density at radius 2 is 1.81 bits per heavy atom. The lowest BCUT2D eigenvalue weighted by Crippen LogP contribution is -2.58. The second kappa shape index (κ2) is 15.2. The third kappa shape index (κ3) is 9.58. The molecular formula is C29H40N4O8S. The number of aromatic nitrogens is 1. The number of benzene rings is 1. The van der Waals surface area contributed by atoms with Gasteiger partial charge in [0.05, 0.1) is 48.4 Å². The summed E-state index contributed by atoms with van der Waals surface area (Å²) in [6.07, 6.45) is -0.898. The molecule has 3 atom stereocenters. The second-order valence-electron chi connectivity index (χ2n) is 11.3. The highest BCUT2D eigenvalue weighted by molar-refractivity contribution is 7.13. The normalized spacial score (nSPS) is 17.6. The monoisotopic (exact) mass is 604 g/mol. The van der Waals surface area contributed by atoms with Gasteiger partial charge in [-0.3, -0.25) is 19.2 Å². The molecule has 1 saturated heterocycles. The van der Waals surface area contributed by atoms with Crippen molar-refractivity contribution in [2.24, 2.45) is 5.41 Å². The molecule has 0 aliphatic carbocycles. The van der Waals surface area contributed by atoms with Crippen LogP contribution in [0.4, 0.5) is 0 Å². The number of aliphatic hydroxyl groups excluding tert-OH is 1. The first-order valence-electron chi connectivity index (χ1n) is 13.8. The first-order valence-corrected chi connectivity index (χ1v) is 14.7. The summed E-state index contributed by atoms with van der Waals surface area (Å²) in [5.74, 6) is -2.33. The minimum Gasteiger partial charge on any atom is -0.481 e. The highest BCUT2D eigenvalue weighted by atomic mass is 32.1. The molecule has 1 aliphatic heterocycles. The maximum absolute atomic E-state index is 13.7. The van der Waals surface area contributed by atoms with Gasteiger partial charge in [-0.1, -0.05) is 45.0 Å². The number of carbonyl (C=O) groups is 4. The van der Waals surface area contributed by atoms with Crippen LogP contribution in [0.1, 0.15) is 44.9 Å². The van der Waals surface area contributed by atoms with E-state index in [0.717, 1.165) is 21.7 Å². The van der Waals surface area contributed by atoms with Gasteiger partial charge in [-0.05, 0) is 23.5 Å². The first kappa shape index (κ1) is 33.1. The zero-order valence-corrected chi connectivity index (χ0v) is 25.2. The van der Waals surface area contributed by atoms with E-state index >= 15 is 0 Å². The van der Waals surface area contributed by atoms with Crippen molar-refractivity contribution in [1.29, 1.82) is 0 Å². The third-order valence-corrected chi connectivity index (χ3v) is 7.75. The predicted molar refractivity (Wildman–Crippen MR) is 156 cm³/mol. The van der Waals surface area contributed by atoms with E-state index in [0.29, 0.717) is 0 Å². The van der Waals surface area contributed by atoms with Gasteiger partial charge >= 0.3 is 5.97 Å². The average molecular weight is 605 g/mol. The van der Waals surface area contributed by atoms with E-state index < -0.39 is 41.4 Å². The van der Waals surface area contributed by atoms with Gasteiger partial charge in [-0.25, -0.2) is 4.98 Å². The molecule has 0 unspecified atom stereocenters. The van der Waals surface area contributed by atoms with E-state index in [-0.39, 0.29) is 58.3 Å². The molecule has 0 spiro atoms. The number of aliphatic carboxylic acids is 1. The quantitative estimate of drug-likeness (QED) is 0.235. The standard InChI is InChI=1S/C29H40N4O8S/c1-18-25(42-17-31-18)20-7-5-19(6-8-20)14-30-27(38)22-13-21(34)15-33(22)28(39)26(29(2,3)4)32-23(35)16-41-12-11-40-10-9-24(36)37/h5-8,17,21-22,26,34H,9-16H2,1-4H3,(H,30,38)(H,32,35)(H,36,37)/t21-,22+,26-/m1/s1. The Morgan fingerprint density at radius 1 is 1.12 bits per heavy atom. The minimum atomic E-state index is -0.969. The number of aryl methyl sites for hydroxylation is 1. The number of aliphatic hydroxyl groups is 1. The van der Waals surface area contributed by atoms with Crippen LogP contribution in [0.5, 0.6) is 0 Å². The summed E-state index contributed by atoms with van der Waals surface area (Å²) in [6, 6.07) is 5.96. The molecule has 230 valence electrons. The fraction of sp³-hybridized carbons (Fsp3) is 0.552. The van der Waals surface area contributed by atoms with E-state index in [2.05, 4.69) is 15.6 Å². The van der Waals surface area contributed by atoms with Crippen molar-refractivity contribution in [3.63, 3.8) is 0 Å². The van der Waals surface area contributed by atoms with Crippen molar-refractivity contribution in [2.45, 2.75) is 65.3 Å². The lowest BCUT2D eigenvalue weighted by atomic mass is 9.85. The number of nitrogens with one attached hydrogen (secondary N) is 2. The summed E-state index contributed by atoms with van der Waals surface area (Å²) < 4.78 is 10.4. The van der Waals surface area contributed by atoms with Crippen LogP contribution in [0.15, 0.2) is 29.8 Å². The summed E-state index contributed by atoms with van der Waals surface area (Å²) in [7, 11) is 0. The fourth-order valence-electron chi connectivity index (χ4n) is 4.53. The van der Waals surface area contributed by atoms with Crippen molar-refractivity contribution in [3.05, 3.63) is 41.0 Å². The Bertz CT molecular complexity index is 1230. The Labute approximate surface area is 249 Å². The number of thiazole rings is 1. The number of amides is 3. The van der Waals surface area contributed by atoms with Crippen LogP contribution in [0.2, 0.25) is 0 Å². The molecular weight excluding hydrogens is 564 g/mol. The Morgan fingerprint density at radius 3 is 2.43 bits per heavy atom. The lowest BCUT2D eigenvalue weighted by molar-refractivity contribution is -0.144. The summed E-state index contributed by atoms with van der Waals surface area (Å²) in [4.78, 5) is 56.6. The molecule has 3 amide bonds. The zero-order valence-electron chi connectivity index (χ0n) is 24.4. The van der Waals surface area contributed by atoms with E-state index in [1.165, 1.54) is 4.90 Å². The first-order chi connectivity index (χ1) is 19.9. The SMILES string of the molecule is Cc1ncsc1-c1ccc(CNC(=O)[C@@H]2C[C@@H](O)CN2C(=O)[C@@H](NC(=O)COCCOCCC(=O)O)C(C)(C)C)cc1. The smallest absolute Gasteiger partial charge is 0.305 e. The fourth-order valence-corrected chi connectivity index (χ4v) is 5.34. The van der Waals surface area contributed by atoms with E-state index in [1.54, 1.807) is 37.6 Å². The third-order valence-electron chi connectivity index (χ3n) is 6.78. The van der Waals surface area contributed by atoms with Gasteiger partial charge in [-0.2, -0.15) is 0 Å². The van der Waals surface area contributed by atoms with Gasteiger partial charge in [0, 0.05) is 19.5 Å². The van der Waals surface area contributed by atoms with Gasteiger partial charge in [0.2, 0.25) is 17.7 Å². The largest absolute Gasteiger partial charge is 0.481 e. The number of likely N-dealkylation sites (tertiary alicyclic amines) is 1. The zero-order chi connectivity index (χ0) is 30.9. The molecule has 4 N–H and O–H groups in total. The van der Waals surface area contributed by atoms with Crippen LogP contribution in [0, 0.1) is 12.3 Å². The Hall–Kier alpha value is -3.39. The Balaban J connectivity index is 1.55. The van der Waals surface area contributed by atoms with Crippen molar-refractivity contribution in [2.75, 3.05) is 33.0 Å². The molecule has 12 nitrogen and oxygen atoms in total. The van der Waals surface area contributed by atoms with Crippen LogP contribution in [0.3, 0.4) is 0 Å². The molecule has 42 heavy (non-hydrogen) atoms. The van der Waals surface area contributed by atoms with E-state index in [9.17, 15) is 24.3 Å². The second-order valence-corrected chi connectivity index (χ2v) is 12.1. The molecule has 1 aromatic carbocycles.